The molecule has 0 bridgehead atoms. The topological polar surface area (TPSA) is 92.9 Å². The summed E-state index contributed by atoms with van der Waals surface area (Å²) in [7, 11) is 0. The SMILES string of the molecule is CC(=O)Nc1ccc(N2C(=S)N[C@@H](c3ccccn3)[C@@H]2c2cc(C)n(-n3cnnc3)c2C)cc1. The molecule has 4 heterocycles. The van der Waals surface area contributed by atoms with Crippen LogP contribution >= 0.6 is 12.2 Å². The number of thiocarbonyl (C=S) groups is 1. The Balaban J connectivity index is 1.62. The number of amides is 1. The lowest BCUT2D eigenvalue weighted by molar-refractivity contribution is -0.114. The van der Waals surface area contributed by atoms with Crippen LogP contribution in [0, 0.1) is 13.8 Å². The van der Waals surface area contributed by atoms with Gasteiger partial charge in [-0.05, 0) is 68.5 Å². The first-order valence-corrected chi connectivity index (χ1v) is 11.3. The van der Waals surface area contributed by atoms with Crippen LogP contribution < -0.4 is 15.5 Å². The highest BCUT2D eigenvalue weighted by atomic mass is 32.1. The van der Waals surface area contributed by atoms with Gasteiger partial charge in [0, 0.05) is 41.4 Å². The van der Waals surface area contributed by atoms with Gasteiger partial charge in [0.25, 0.3) is 0 Å². The van der Waals surface area contributed by atoms with Crippen molar-refractivity contribution in [1.29, 1.82) is 0 Å². The van der Waals surface area contributed by atoms with Crippen molar-refractivity contribution in [3.05, 3.63) is 90.0 Å². The van der Waals surface area contributed by atoms with Crippen molar-refractivity contribution < 1.29 is 4.79 Å². The minimum absolute atomic E-state index is 0.111. The van der Waals surface area contributed by atoms with E-state index in [1.54, 1.807) is 18.9 Å². The molecule has 2 atom stereocenters. The fourth-order valence-electron chi connectivity index (χ4n) is 4.59. The lowest BCUT2D eigenvalue weighted by atomic mass is 9.96. The molecule has 0 unspecified atom stereocenters. The van der Waals surface area contributed by atoms with Crippen molar-refractivity contribution in [2.45, 2.75) is 32.9 Å². The number of hydrogen-bond donors (Lipinski definition) is 2. The molecule has 9 nitrogen and oxygen atoms in total. The van der Waals surface area contributed by atoms with E-state index >= 15 is 0 Å². The molecule has 0 saturated carbocycles. The molecule has 10 heteroatoms. The van der Waals surface area contributed by atoms with Gasteiger partial charge in [0.15, 0.2) is 5.11 Å². The van der Waals surface area contributed by atoms with Gasteiger partial charge in [-0.1, -0.05) is 6.07 Å². The summed E-state index contributed by atoms with van der Waals surface area (Å²) in [6.07, 6.45) is 5.15. The number of hydrogen-bond acceptors (Lipinski definition) is 5. The first-order valence-electron chi connectivity index (χ1n) is 10.9. The molecule has 1 fully saturated rings. The predicted octanol–water partition coefficient (Wildman–Crippen LogP) is 3.54. The van der Waals surface area contributed by atoms with E-state index in [-0.39, 0.29) is 18.0 Å². The average Bonchev–Trinajstić information content (AvgIpc) is 3.52. The summed E-state index contributed by atoms with van der Waals surface area (Å²) in [4.78, 5) is 18.2. The second-order valence-corrected chi connectivity index (χ2v) is 8.59. The van der Waals surface area contributed by atoms with Crippen molar-refractivity contribution in [1.82, 2.24) is 29.9 Å². The van der Waals surface area contributed by atoms with Gasteiger partial charge in [-0.15, -0.1) is 10.2 Å². The fourth-order valence-corrected chi connectivity index (χ4v) is 4.93. The number of carbonyl (C=O) groups is 1. The number of rotatable bonds is 5. The largest absolute Gasteiger partial charge is 0.351 e. The quantitative estimate of drug-likeness (QED) is 0.429. The molecule has 2 N–H and O–H groups in total. The van der Waals surface area contributed by atoms with Crippen molar-refractivity contribution in [3.8, 4) is 0 Å². The van der Waals surface area contributed by atoms with Gasteiger partial charge in [-0.2, -0.15) is 0 Å². The number of anilines is 2. The summed E-state index contributed by atoms with van der Waals surface area (Å²) < 4.78 is 3.93. The van der Waals surface area contributed by atoms with Gasteiger partial charge in [0.05, 0.1) is 17.8 Å². The van der Waals surface area contributed by atoms with Crippen molar-refractivity contribution in [2.24, 2.45) is 0 Å². The molecule has 1 aliphatic rings. The van der Waals surface area contributed by atoms with Crippen molar-refractivity contribution in [3.63, 3.8) is 0 Å². The Labute approximate surface area is 202 Å². The van der Waals surface area contributed by atoms with Crippen LogP contribution in [-0.2, 0) is 4.79 Å². The molecule has 5 rings (SSSR count). The number of nitrogens with zero attached hydrogens (tertiary/aromatic N) is 6. The molecular weight excluding hydrogens is 448 g/mol. The highest BCUT2D eigenvalue weighted by molar-refractivity contribution is 7.80. The van der Waals surface area contributed by atoms with Gasteiger partial charge < -0.3 is 15.5 Å². The maximum atomic E-state index is 11.4. The fraction of sp³-hybridized carbons (Fsp3) is 0.208. The monoisotopic (exact) mass is 472 g/mol. The van der Waals surface area contributed by atoms with Crippen LogP contribution in [-0.4, -0.2) is 35.6 Å². The van der Waals surface area contributed by atoms with E-state index in [9.17, 15) is 4.79 Å². The molecular formula is C24H24N8OS. The molecule has 1 aromatic carbocycles. The van der Waals surface area contributed by atoms with Crippen LogP contribution in [0.15, 0.2) is 67.4 Å². The first-order chi connectivity index (χ1) is 16.4. The third kappa shape index (κ3) is 3.81. The Bertz CT molecular complexity index is 1330. The van der Waals surface area contributed by atoms with Gasteiger partial charge >= 0.3 is 0 Å². The molecule has 0 spiro atoms. The number of benzene rings is 1. The Morgan fingerprint density at radius 1 is 1.09 bits per heavy atom. The average molecular weight is 473 g/mol. The highest BCUT2D eigenvalue weighted by Gasteiger charge is 2.42. The molecule has 1 saturated heterocycles. The van der Waals surface area contributed by atoms with Gasteiger partial charge in [0.1, 0.15) is 12.7 Å². The zero-order valence-corrected chi connectivity index (χ0v) is 19.8. The number of carbonyl (C=O) groups excluding carboxylic acids is 1. The van der Waals surface area contributed by atoms with Crippen molar-refractivity contribution in [2.75, 3.05) is 10.2 Å². The summed E-state index contributed by atoms with van der Waals surface area (Å²) in [5, 5.41) is 14.8. The molecule has 172 valence electrons. The molecule has 4 aromatic rings. The normalized spacial score (nSPS) is 17.6. The van der Waals surface area contributed by atoms with E-state index in [1.807, 2.05) is 47.1 Å². The van der Waals surface area contributed by atoms with E-state index in [0.29, 0.717) is 5.11 Å². The summed E-state index contributed by atoms with van der Waals surface area (Å²) in [6.45, 7) is 5.63. The molecule has 1 amide bonds. The van der Waals surface area contributed by atoms with Gasteiger partial charge in [-0.3, -0.25) is 14.5 Å². The zero-order chi connectivity index (χ0) is 23.8. The smallest absolute Gasteiger partial charge is 0.221 e. The lowest BCUT2D eigenvalue weighted by Crippen LogP contribution is -2.29. The predicted molar refractivity (Wildman–Crippen MR) is 133 cm³/mol. The molecule has 1 aliphatic heterocycles. The Morgan fingerprint density at radius 2 is 1.82 bits per heavy atom. The van der Waals surface area contributed by atoms with E-state index in [4.69, 9.17) is 12.2 Å². The van der Waals surface area contributed by atoms with Crippen LogP contribution in [0.25, 0.3) is 0 Å². The number of aryl methyl sites for hydroxylation is 1. The van der Waals surface area contributed by atoms with Crippen LogP contribution in [0.5, 0.6) is 0 Å². The van der Waals surface area contributed by atoms with Crippen molar-refractivity contribution >= 4 is 34.6 Å². The maximum Gasteiger partial charge on any atom is 0.221 e. The van der Waals surface area contributed by atoms with Gasteiger partial charge in [-0.25, -0.2) is 4.68 Å². The summed E-state index contributed by atoms with van der Waals surface area (Å²) in [5.74, 6) is -0.111. The second kappa shape index (κ2) is 8.71. The summed E-state index contributed by atoms with van der Waals surface area (Å²) >= 11 is 5.83. The Kier molecular flexibility index (Phi) is 5.58. The van der Waals surface area contributed by atoms with Crippen LogP contribution in [0.4, 0.5) is 11.4 Å². The van der Waals surface area contributed by atoms with E-state index in [2.05, 4.69) is 55.3 Å². The van der Waals surface area contributed by atoms with Crippen LogP contribution in [0.2, 0.25) is 0 Å². The number of aromatic nitrogens is 5. The minimum atomic E-state index is -0.154. The van der Waals surface area contributed by atoms with Gasteiger partial charge in [0.2, 0.25) is 5.91 Å². The Morgan fingerprint density at radius 3 is 2.47 bits per heavy atom. The number of pyridine rings is 1. The summed E-state index contributed by atoms with van der Waals surface area (Å²) in [5.41, 5.74) is 5.77. The standard InChI is InChI=1S/C24H24N8OS/c1-15-12-20(16(2)32(15)30-13-26-27-14-30)23-22(21-6-4-5-11-25-21)29-24(34)31(23)19-9-7-18(8-10-19)28-17(3)33/h4-14,22-23H,1-3H3,(H,28,33)(H,29,34)/t22-,23-/m0/s1. The van der Waals surface area contributed by atoms with E-state index in [0.717, 1.165) is 34.0 Å². The van der Waals surface area contributed by atoms with E-state index in [1.165, 1.54) is 6.92 Å². The van der Waals surface area contributed by atoms with Crippen LogP contribution in [0.1, 0.15) is 41.7 Å². The van der Waals surface area contributed by atoms with Crippen LogP contribution in [0.3, 0.4) is 0 Å². The third-order valence-electron chi connectivity index (χ3n) is 5.95. The maximum absolute atomic E-state index is 11.4. The third-order valence-corrected chi connectivity index (χ3v) is 6.27. The molecule has 0 radical (unpaired) electrons. The zero-order valence-electron chi connectivity index (χ0n) is 19.0. The minimum Gasteiger partial charge on any atom is -0.351 e. The highest BCUT2D eigenvalue weighted by Crippen LogP contribution is 2.43. The lowest BCUT2D eigenvalue weighted by Gasteiger charge is -2.28. The number of nitrogens with one attached hydrogen (secondary N) is 2. The second-order valence-electron chi connectivity index (χ2n) is 8.20. The Hall–Kier alpha value is -4.05. The molecule has 34 heavy (non-hydrogen) atoms. The van der Waals surface area contributed by atoms with E-state index < -0.39 is 0 Å². The molecule has 0 aliphatic carbocycles. The molecule has 3 aromatic heterocycles. The first kappa shape index (κ1) is 21.8. The summed E-state index contributed by atoms with van der Waals surface area (Å²) in [6, 6.07) is 15.5.